The molecule has 0 saturated carbocycles. The first-order valence-electron chi connectivity index (χ1n) is 6.61. The van der Waals surface area contributed by atoms with Gasteiger partial charge in [-0.2, -0.15) is 4.31 Å². The number of rotatable bonds is 6. The van der Waals surface area contributed by atoms with E-state index in [1.54, 1.807) is 36.7 Å². The van der Waals surface area contributed by atoms with Crippen molar-refractivity contribution < 1.29 is 8.42 Å². The zero-order valence-electron chi connectivity index (χ0n) is 12.0. The molecule has 0 bridgehead atoms. The minimum absolute atomic E-state index is 0.172. The molecule has 0 fully saturated rings. The molecule has 112 valence electrons. The van der Waals surface area contributed by atoms with Gasteiger partial charge >= 0.3 is 0 Å². The Balaban J connectivity index is 2.29. The van der Waals surface area contributed by atoms with Crippen LogP contribution in [-0.2, 0) is 16.6 Å². The number of hydrogen-bond acceptors (Lipinski definition) is 5. The molecule has 0 aliphatic heterocycles. The van der Waals surface area contributed by atoms with Gasteiger partial charge in [0, 0.05) is 26.0 Å². The van der Waals surface area contributed by atoms with Crippen LogP contribution in [0.5, 0.6) is 0 Å². The SMILES string of the molecule is CCNc1ncccc1S(=O)(=O)N(C)Cc1ccccn1. The summed E-state index contributed by atoms with van der Waals surface area (Å²) in [4.78, 5) is 8.41. The molecule has 0 amide bonds. The van der Waals surface area contributed by atoms with Gasteiger partial charge in [0.1, 0.15) is 10.7 Å². The third kappa shape index (κ3) is 3.56. The molecule has 2 heterocycles. The first kappa shape index (κ1) is 15.4. The highest BCUT2D eigenvalue weighted by Gasteiger charge is 2.24. The van der Waals surface area contributed by atoms with E-state index in [2.05, 4.69) is 15.3 Å². The second-order valence-electron chi connectivity index (χ2n) is 4.46. The van der Waals surface area contributed by atoms with Gasteiger partial charge in [0.25, 0.3) is 0 Å². The fourth-order valence-corrected chi connectivity index (χ4v) is 3.13. The Bertz CT molecular complexity index is 689. The normalized spacial score (nSPS) is 11.6. The molecule has 2 rings (SSSR count). The molecule has 0 aliphatic rings. The van der Waals surface area contributed by atoms with Crippen molar-refractivity contribution in [2.24, 2.45) is 0 Å². The molecule has 6 nitrogen and oxygen atoms in total. The van der Waals surface area contributed by atoms with Gasteiger partial charge in [-0.25, -0.2) is 13.4 Å². The van der Waals surface area contributed by atoms with Crippen molar-refractivity contribution in [3.63, 3.8) is 0 Å². The number of nitrogens with one attached hydrogen (secondary N) is 1. The third-order valence-electron chi connectivity index (χ3n) is 2.91. The molecular weight excluding hydrogens is 288 g/mol. The smallest absolute Gasteiger partial charge is 0.246 e. The molecule has 1 N–H and O–H groups in total. The van der Waals surface area contributed by atoms with Gasteiger partial charge in [-0.3, -0.25) is 4.98 Å². The lowest BCUT2D eigenvalue weighted by atomic mass is 10.3. The summed E-state index contributed by atoms with van der Waals surface area (Å²) in [7, 11) is -2.09. The van der Waals surface area contributed by atoms with E-state index in [9.17, 15) is 8.42 Å². The molecular formula is C14H18N4O2S. The largest absolute Gasteiger partial charge is 0.369 e. The average Bonchev–Trinajstić information content (AvgIpc) is 2.49. The molecule has 0 aromatic carbocycles. The summed E-state index contributed by atoms with van der Waals surface area (Å²) in [6.45, 7) is 2.70. The quantitative estimate of drug-likeness (QED) is 0.879. The Labute approximate surface area is 124 Å². The number of hydrogen-bond donors (Lipinski definition) is 1. The van der Waals surface area contributed by atoms with E-state index in [0.717, 1.165) is 0 Å². The lowest BCUT2D eigenvalue weighted by Crippen LogP contribution is -2.27. The van der Waals surface area contributed by atoms with Crippen LogP contribution in [0.15, 0.2) is 47.6 Å². The van der Waals surface area contributed by atoms with Gasteiger partial charge in [0.2, 0.25) is 10.0 Å². The molecule has 0 unspecified atom stereocenters. The van der Waals surface area contributed by atoms with Crippen molar-refractivity contribution in [3.05, 3.63) is 48.4 Å². The van der Waals surface area contributed by atoms with E-state index in [1.807, 2.05) is 13.0 Å². The van der Waals surface area contributed by atoms with Crippen molar-refractivity contribution in [1.29, 1.82) is 0 Å². The predicted octanol–water partition coefficient (Wildman–Crippen LogP) is 1.73. The van der Waals surface area contributed by atoms with Gasteiger partial charge in [-0.15, -0.1) is 0 Å². The van der Waals surface area contributed by atoms with Crippen molar-refractivity contribution in [1.82, 2.24) is 14.3 Å². The van der Waals surface area contributed by atoms with E-state index >= 15 is 0 Å². The maximum atomic E-state index is 12.7. The predicted molar refractivity (Wildman–Crippen MR) is 81.3 cm³/mol. The van der Waals surface area contributed by atoms with Crippen LogP contribution in [0, 0.1) is 0 Å². The molecule has 2 aromatic rings. The van der Waals surface area contributed by atoms with E-state index in [-0.39, 0.29) is 11.4 Å². The first-order chi connectivity index (χ1) is 10.1. The summed E-state index contributed by atoms with van der Waals surface area (Å²) >= 11 is 0. The van der Waals surface area contributed by atoms with Gasteiger partial charge in [0.15, 0.2) is 0 Å². The van der Waals surface area contributed by atoms with E-state index in [4.69, 9.17) is 0 Å². The highest BCUT2D eigenvalue weighted by molar-refractivity contribution is 7.89. The first-order valence-corrected chi connectivity index (χ1v) is 8.05. The molecule has 2 aromatic heterocycles. The summed E-state index contributed by atoms with van der Waals surface area (Å²) in [5.41, 5.74) is 0.692. The lowest BCUT2D eigenvalue weighted by Gasteiger charge is -2.18. The Hall–Kier alpha value is -1.99. The Morgan fingerprint density at radius 2 is 1.90 bits per heavy atom. The highest BCUT2D eigenvalue weighted by Crippen LogP contribution is 2.22. The summed E-state index contributed by atoms with van der Waals surface area (Å²) in [5.74, 6) is 0.368. The van der Waals surface area contributed by atoms with Crippen molar-refractivity contribution in [2.45, 2.75) is 18.4 Å². The van der Waals surface area contributed by atoms with Crippen LogP contribution < -0.4 is 5.32 Å². The maximum Gasteiger partial charge on any atom is 0.246 e. The molecule has 0 aliphatic carbocycles. The zero-order valence-corrected chi connectivity index (χ0v) is 12.8. The third-order valence-corrected chi connectivity index (χ3v) is 4.75. The standard InChI is InChI=1S/C14H18N4O2S/c1-3-15-14-13(8-6-10-17-14)21(19,20)18(2)11-12-7-4-5-9-16-12/h4-10H,3,11H2,1-2H3,(H,15,17). The summed E-state index contributed by atoms with van der Waals surface area (Å²) in [5, 5.41) is 2.97. The fraction of sp³-hybridized carbons (Fsp3) is 0.286. The monoisotopic (exact) mass is 306 g/mol. The minimum Gasteiger partial charge on any atom is -0.369 e. The number of pyridine rings is 2. The highest BCUT2D eigenvalue weighted by atomic mass is 32.2. The van der Waals surface area contributed by atoms with Crippen LogP contribution >= 0.6 is 0 Å². The zero-order chi connectivity index (χ0) is 15.3. The summed E-state index contributed by atoms with van der Waals surface area (Å²) in [6, 6.07) is 8.58. The van der Waals surface area contributed by atoms with Gasteiger partial charge in [-0.05, 0) is 31.2 Å². The number of nitrogens with zero attached hydrogens (tertiary/aromatic N) is 3. The topological polar surface area (TPSA) is 75.2 Å². The summed E-state index contributed by atoms with van der Waals surface area (Å²) in [6.07, 6.45) is 3.21. The van der Waals surface area contributed by atoms with Crippen molar-refractivity contribution in [3.8, 4) is 0 Å². The van der Waals surface area contributed by atoms with E-state index in [0.29, 0.717) is 18.1 Å². The lowest BCUT2D eigenvalue weighted by molar-refractivity contribution is 0.462. The van der Waals surface area contributed by atoms with Crippen LogP contribution in [0.1, 0.15) is 12.6 Å². The van der Waals surface area contributed by atoms with Crippen LogP contribution in [0.25, 0.3) is 0 Å². The summed E-state index contributed by atoms with van der Waals surface area (Å²) < 4.78 is 26.6. The van der Waals surface area contributed by atoms with E-state index in [1.165, 1.54) is 11.4 Å². The molecule has 7 heteroatoms. The van der Waals surface area contributed by atoms with E-state index < -0.39 is 10.0 Å². The second kappa shape index (κ2) is 6.64. The number of anilines is 1. The van der Waals surface area contributed by atoms with Gasteiger partial charge in [-0.1, -0.05) is 6.07 Å². The van der Waals surface area contributed by atoms with Crippen LogP contribution in [0.3, 0.4) is 0 Å². The second-order valence-corrected chi connectivity index (χ2v) is 6.48. The number of sulfonamides is 1. The Morgan fingerprint density at radius 1 is 1.14 bits per heavy atom. The van der Waals surface area contributed by atoms with Crippen LogP contribution in [-0.4, -0.2) is 36.3 Å². The van der Waals surface area contributed by atoms with Gasteiger partial charge < -0.3 is 5.32 Å². The number of aromatic nitrogens is 2. The molecule has 0 radical (unpaired) electrons. The van der Waals surface area contributed by atoms with Crippen LogP contribution in [0.4, 0.5) is 5.82 Å². The molecule has 0 spiro atoms. The molecule has 0 saturated heterocycles. The molecule has 0 atom stereocenters. The Kier molecular flexibility index (Phi) is 4.87. The maximum absolute atomic E-state index is 12.7. The Morgan fingerprint density at radius 3 is 2.57 bits per heavy atom. The molecule has 21 heavy (non-hydrogen) atoms. The average molecular weight is 306 g/mol. The minimum atomic E-state index is -3.62. The van der Waals surface area contributed by atoms with Crippen LogP contribution in [0.2, 0.25) is 0 Å². The fourth-order valence-electron chi connectivity index (χ4n) is 1.87. The van der Waals surface area contributed by atoms with Crippen molar-refractivity contribution >= 4 is 15.8 Å². The van der Waals surface area contributed by atoms with Gasteiger partial charge in [0.05, 0.1) is 12.2 Å². The van der Waals surface area contributed by atoms with Crippen molar-refractivity contribution in [2.75, 3.05) is 18.9 Å².